The Kier molecular flexibility index (Phi) is 5.70. The number of ether oxygens (including phenoxy) is 1. The maximum absolute atomic E-state index is 14.6. The first kappa shape index (κ1) is 23.7. The lowest BCUT2D eigenvalue weighted by Crippen LogP contribution is -2.45. The minimum atomic E-state index is -0.942. The molecule has 38 heavy (non-hydrogen) atoms. The maximum Gasteiger partial charge on any atom is 0.335 e. The second-order valence-corrected chi connectivity index (χ2v) is 11.5. The van der Waals surface area contributed by atoms with Gasteiger partial charge in [-0.1, -0.05) is 16.5 Å². The van der Waals surface area contributed by atoms with Crippen LogP contribution in [0.25, 0.3) is 21.5 Å². The van der Waals surface area contributed by atoms with Crippen LogP contribution in [-0.2, 0) is 11.3 Å². The van der Waals surface area contributed by atoms with Gasteiger partial charge in [0.2, 0.25) is 0 Å². The molecule has 2 aromatic carbocycles. The van der Waals surface area contributed by atoms with E-state index in [1.165, 1.54) is 23.5 Å². The van der Waals surface area contributed by atoms with Gasteiger partial charge in [0.1, 0.15) is 23.1 Å². The minimum absolute atomic E-state index is 0.0320. The molecule has 2 unspecified atom stereocenters. The number of halogens is 2. The fourth-order valence-corrected chi connectivity index (χ4v) is 7.10. The molecule has 7 nitrogen and oxygen atoms in total. The highest BCUT2D eigenvalue weighted by Gasteiger charge is 2.43. The Morgan fingerprint density at radius 1 is 1.11 bits per heavy atom. The number of carboxylic acids is 1. The zero-order valence-electron chi connectivity index (χ0n) is 20.4. The van der Waals surface area contributed by atoms with Crippen molar-refractivity contribution in [1.82, 2.24) is 10.1 Å². The van der Waals surface area contributed by atoms with E-state index in [0.29, 0.717) is 5.69 Å². The molecule has 10 heteroatoms. The number of carbonyl (C=O) groups is 1. The van der Waals surface area contributed by atoms with Crippen molar-refractivity contribution in [2.75, 3.05) is 4.90 Å². The molecule has 4 heterocycles. The summed E-state index contributed by atoms with van der Waals surface area (Å²) in [7, 11) is 0. The summed E-state index contributed by atoms with van der Waals surface area (Å²) >= 11 is 1.54. The highest BCUT2D eigenvalue weighted by Crippen LogP contribution is 2.46. The number of thiazole rings is 1. The summed E-state index contributed by atoms with van der Waals surface area (Å²) in [6.45, 7) is 0.269. The van der Waals surface area contributed by atoms with Crippen LogP contribution in [0.15, 0.2) is 40.9 Å². The molecule has 0 spiro atoms. The predicted molar refractivity (Wildman–Crippen MR) is 138 cm³/mol. The Morgan fingerprint density at radius 2 is 1.89 bits per heavy atom. The van der Waals surface area contributed by atoms with Crippen LogP contribution < -0.4 is 4.90 Å². The van der Waals surface area contributed by atoms with Gasteiger partial charge in [-0.05, 0) is 68.9 Å². The van der Waals surface area contributed by atoms with Crippen LogP contribution in [0, 0.1) is 11.6 Å². The number of benzene rings is 2. The summed E-state index contributed by atoms with van der Waals surface area (Å²) in [6.07, 6.45) is 5.83. The van der Waals surface area contributed by atoms with E-state index in [9.17, 15) is 18.7 Å². The number of aromatic nitrogens is 2. The SMILES string of the molecule is O=C(O)c1ccc2nc(N3C4CCC3CC(OCc3c(-c5ccc(F)cc5F)noc3C3CC3)C4)sc2c1. The van der Waals surface area contributed by atoms with E-state index >= 15 is 0 Å². The maximum atomic E-state index is 14.6. The number of piperidine rings is 1. The topological polar surface area (TPSA) is 88.7 Å². The van der Waals surface area contributed by atoms with E-state index in [1.807, 2.05) is 0 Å². The average molecular weight is 538 g/mol. The van der Waals surface area contributed by atoms with Crippen LogP contribution >= 0.6 is 11.3 Å². The monoisotopic (exact) mass is 537 g/mol. The van der Waals surface area contributed by atoms with Gasteiger partial charge in [-0.2, -0.15) is 0 Å². The first-order chi connectivity index (χ1) is 18.4. The molecule has 2 saturated heterocycles. The van der Waals surface area contributed by atoms with Gasteiger partial charge in [-0.3, -0.25) is 0 Å². The zero-order valence-corrected chi connectivity index (χ0v) is 21.2. The molecule has 4 aromatic rings. The van der Waals surface area contributed by atoms with Crippen LogP contribution in [0.4, 0.5) is 13.9 Å². The zero-order chi connectivity index (χ0) is 26.0. The van der Waals surface area contributed by atoms with E-state index in [1.54, 1.807) is 18.2 Å². The summed E-state index contributed by atoms with van der Waals surface area (Å²) in [5.74, 6) is -1.22. The standard InChI is InChI=1S/C28H25F2N3O4S/c29-16-4-7-20(22(30)10-16)25-21(26(37-32-25)14-1-2-14)13-36-19-11-17-5-6-18(12-19)33(17)28-31-23-8-3-15(27(34)35)9-24(23)38-28/h3-4,7-10,14,17-19H,1-2,5-6,11-13H2,(H,34,35). The second kappa shape index (κ2) is 9.13. The molecule has 0 amide bonds. The first-order valence-electron chi connectivity index (χ1n) is 12.9. The summed E-state index contributed by atoms with van der Waals surface area (Å²) in [4.78, 5) is 18.6. The lowest BCUT2D eigenvalue weighted by Gasteiger charge is -2.38. The van der Waals surface area contributed by atoms with Crippen molar-refractivity contribution in [2.45, 2.75) is 69.2 Å². The largest absolute Gasteiger partial charge is 0.478 e. The minimum Gasteiger partial charge on any atom is -0.478 e. The molecule has 1 N–H and O–H groups in total. The highest BCUT2D eigenvalue weighted by molar-refractivity contribution is 7.22. The fourth-order valence-electron chi connectivity index (χ4n) is 5.95. The van der Waals surface area contributed by atoms with E-state index in [0.717, 1.165) is 71.3 Å². The molecule has 1 aliphatic carbocycles. The summed E-state index contributed by atoms with van der Waals surface area (Å²) in [5, 5.41) is 14.4. The number of fused-ring (bicyclic) bond motifs is 3. The molecule has 2 bridgehead atoms. The van der Waals surface area contributed by atoms with E-state index in [4.69, 9.17) is 14.2 Å². The van der Waals surface area contributed by atoms with Crippen LogP contribution in [0.5, 0.6) is 0 Å². The quantitative estimate of drug-likeness (QED) is 0.287. The number of rotatable bonds is 7. The normalized spacial score (nSPS) is 22.9. The number of hydrogen-bond acceptors (Lipinski definition) is 7. The molecule has 1 saturated carbocycles. The summed E-state index contributed by atoms with van der Waals surface area (Å²) in [6, 6.07) is 9.13. The molecular formula is C28H25F2N3O4S. The lowest BCUT2D eigenvalue weighted by atomic mass is 10.00. The average Bonchev–Trinajstić information content (AvgIpc) is 3.42. The molecule has 3 fully saturated rings. The van der Waals surface area contributed by atoms with Crippen molar-refractivity contribution in [2.24, 2.45) is 0 Å². The van der Waals surface area contributed by atoms with Gasteiger partial charge in [0.15, 0.2) is 5.13 Å². The van der Waals surface area contributed by atoms with Gasteiger partial charge < -0.3 is 19.3 Å². The third-order valence-electron chi connectivity index (χ3n) is 7.95. The van der Waals surface area contributed by atoms with E-state index in [2.05, 4.69) is 10.1 Å². The molecule has 3 aliphatic rings. The Morgan fingerprint density at radius 3 is 2.61 bits per heavy atom. The van der Waals surface area contributed by atoms with Gasteiger partial charge >= 0.3 is 5.97 Å². The molecule has 2 aliphatic heterocycles. The fraction of sp³-hybridized carbons (Fsp3) is 0.393. The van der Waals surface area contributed by atoms with Crippen LogP contribution in [0.3, 0.4) is 0 Å². The van der Waals surface area contributed by atoms with Gasteiger partial charge in [0, 0.05) is 35.2 Å². The second-order valence-electron chi connectivity index (χ2n) is 10.5. The van der Waals surface area contributed by atoms with E-state index in [-0.39, 0.29) is 41.8 Å². The third kappa shape index (κ3) is 4.16. The van der Waals surface area contributed by atoms with Gasteiger partial charge in [-0.25, -0.2) is 18.6 Å². The Hall–Kier alpha value is -3.37. The Balaban J connectivity index is 1.09. The van der Waals surface area contributed by atoms with Crippen molar-refractivity contribution in [3.63, 3.8) is 0 Å². The smallest absolute Gasteiger partial charge is 0.335 e. The molecule has 2 atom stereocenters. The van der Waals surface area contributed by atoms with Crippen LogP contribution in [0.2, 0.25) is 0 Å². The predicted octanol–water partition coefficient (Wildman–Crippen LogP) is 6.52. The first-order valence-corrected chi connectivity index (χ1v) is 13.7. The molecule has 0 radical (unpaired) electrons. The number of aromatic carboxylic acids is 1. The van der Waals surface area contributed by atoms with Crippen LogP contribution in [-0.4, -0.2) is 39.4 Å². The molecule has 196 valence electrons. The highest BCUT2D eigenvalue weighted by atomic mass is 32.1. The summed E-state index contributed by atoms with van der Waals surface area (Å²) < 4.78 is 41.0. The number of anilines is 1. The Labute approximate surface area is 221 Å². The third-order valence-corrected chi connectivity index (χ3v) is 8.98. The summed E-state index contributed by atoms with van der Waals surface area (Å²) in [5.41, 5.74) is 2.45. The number of nitrogens with zero attached hydrogens (tertiary/aromatic N) is 3. The van der Waals surface area contributed by atoms with Crippen molar-refractivity contribution in [3.8, 4) is 11.3 Å². The van der Waals surface area contributed by atoms with Gasteiger partial charge in [-0.15, -0.1) is 0 Å². The molecule has 2 aromatic heterocycles. The molecular weight excluding hydrogens is 512 g/mol. The van der Waals surface area contributed by atoms with Gasteiger partial charge in [0.25, 0.3) is 0 Å². The molecule has 7 rings (SSSR count). The lowest BCUT2D eigenvalue weighted by molar-refractivity contribution is 0.0147. The van der Waals surface area contributed by atoms with Gasteiger partial charge in [0.05, 0.1) is 28.5 Å². The number of hydrogen-bond donors (Lipinski definition) is 1. The number of carboxylic acid groups (broad SMARTS) is 1. The van der Waals surface area contributed by atoms with Crippen molar-refractivity contribution in [3.05, 3.63) is 64.9 Å². The Bertz CT molecular complexity index is 1530. The van der Waals surface area contributed by atoms with E-state index < -0.39 is 17.6 Å². The van der Waals surface area contributed by atoms with Crippen LogP contribution in [0.1, 0.15) is 66.1 Å². The van der Waals surface area contributed by atoms with Crippen molar-refractivity contribution < 1.29 is 27.9 Å². The van der Waals surface area contributed by atoms with Crippen molar-refractivity contribution in [1.29, 1.82) is 0 Å². The van der Waals surface area contributed by atoms with Crippen molar-refractivity contribution >= 4 is 32.7 Å².